The van der Waals surface area contributed by atoms with Crippen LogP contribution in [0, 0.1) is 5.92 Å². The van der Waals surface area contributed by atoms with E-state index in [1.807, 2.05) is 0 Å². The Kier molecular flexibility index (Phi) is 5.55. The van der Waals surface area contributed by atoms with Crippen LogP contribution in [-0.2, 0) is 9.53 Å². The van der Waals surface area contributed by atoms with Crippen molar-refractivity contribution in [3.8, 4) is 5.75 Å². The lowest BCUT2D eigenvalue weighted by Gasteiger charge is -2.17. The van der Waals surface area contributed by atoms with Crippen LogP contribution >= 0.6 is 0 Å². The van der Waals surface area contributed by atoms with Crippen LogP contribution in [0.3, 0.4) is 0 Å². The summed E-state index contributed by atoms with van der Waals surface area (Å²) in [6.07, 6.45) is 7.39. The highest BCUT2D eigenvalue weighted by molar-refractivity contribution is 5.94. The third-order valence-electron chi connectivity index (χ3n) is 3.48. The van der Waals surface area contributed by atoms with Gasteiger partial charge in [0.2, 0.25) is 0 Å². The van der Waals surface area contributed by atoms with E-state index < -0.39 is 0 Å². The molecule has 2 rings (SSSR count). The lowest BCUT2D eigenvalue weighted by Crippen LogP contribution is -2.20. The second-order valence-electron chi connectivity index (χ2n) is 5.20. The summed E-state index contributed by atoms with van der Waals surface area (Å²) in [5.74, 6) is 0.619. The van der Waals surface area contributed by atoms with E-state index >= 15 is 0 Å². The van der Waals surface area contributed by atoms with Crippen molar-refractivity contribution in [2.45, 2.75) is 26.2 Å². The van der Waals surface area contributed by atoms with Gasteiger partial charge in [-0.05, 0) is 56.4 Å². The van der Waals surface area contributed by atoms with Crippen LogP contribution in [0.15, 0.2) is 36.4 Å². The minimum atomic E-state index is -0.361. The number of ketones is 1. The Morgan fingerprint density at radius 3 is 2.57 bits per heavy atom. The summed E-state index contributed by atoms with van der Waals surface area (Å²) in [7, 11) is 0. The third kappa shape index (κ3) is 5.06. The molecule has 0 saturated carbocycles. The molecule has 0 aliphatic heterocycles. The Balaban J connectivity index is 1.70. The minimum absolute atomic E-state index is 0.00231. The average Bonchev–Trinajstić information content (AvgIpc) is 2.52. The molecule has 0 amide bonds. The number of ether oxygens (including phenoxy) is 2. The summed E-state index contributed by atoms with van der Waals surface area (Å²) in [6.45, 7) is 1.85. The van der Waals surface area contributed by atoms with Crippen molar-refractivity contribution >= 4 is 11.8 Å². The first-order valence-corrected chi connectivity index (χ1v) is 7.19. The first-order chi connectivity index (χ1) is 10.1. The fraction of sp³-hybridized carbons (Fsp3) is 0.412. The van der Waals surface area contributed by atoms with Gasteiger partial charge in [-0.2, -0.15) is 0 Å². The Hall–Kier alpha value is -2.10. The summed E-state index contributed by atoms with van der Waals surface area (Å²) < 4.78 is 10.6. The summed E-state index contributed by atoms with van der Waals surface area (Å²) in [5.41, 5.74) is 0.621. The molecule has 1 aliphatic carbocycles. The third-order valence-corrected chi connectivity index (χ3v) is 3.48. The molecule has 4 nitrogen and oxygen atoms in total. The Labute approximate surface area is 124 Å². The van der Waals surface area contributed by atoms with Gasteiger partial charge in [0.05, 0.1) is 6.61 Å². The highest BCUT2D eigenvalue weighted by atomic mass is 16.6. The van der Waals surface area contributed by atoms with Gasteiger partial charge < -0.3 is 9.47 Å². The smallest absolute Gasteiger partial charge is 0.344 e. The monoisotopic (exact) mass is 288 g/mol. The molecular formula is C17H20O4. The molecule has 0 radical (unpaired) electrons. The van der Waals surface area contributed by atoms with E-state index in [4.69, 9.17) is 9.47 Å². The zero-order chi connectivity index (χ0) is 15.1. The summed E-state index contributed by atoms with van der Waals surface area (Å²) in [6, 6.07) is 6.71. The number of Topliss-reactive ketones (excluding diaryl/α,β-unsaturated/α-hetero) is 1. The molecule has 112 valence electrons. The van der Waals surface area contributed by atoms with E-state index in [2.05, 4.69) is 12.2 Å². The predicted octanol–water partition coefficient (Wildman–Crippen LogP) is 3.17. The number of esters is 1. The first kappa shape index (κ1) is 15.3. The normalized spacial score (nSPS) is 17.3. The van der Waals surface area contributed by atoms with Crippen LogP contribution in [0.25, 0.3) is 0 Å². The number of carbonyl (C=O) groups is 2. The van der Waals surface area contributed by atoms with Crippen molar-refractivity contribution in [3.05, 3.63) is 42.0 Å². The van der Waals surface area contributed by atoms with Gasteiger partial charge in [0, 0.05) is 5.56 Å². The van der Waals surface area contributed by atoms with Gasteiger partial charge in [0.25, 0.3) is 0 Å². The molecule has 1 aromatic rings. The van der Waals surface area contributed by atoms with Gasteiger partial charge in [-0.1, -0.05) is 12.2 Å². The molecule has 0 fully saturated rings. The van der Waals surface area contributed by atoms with Gasteiger partial charge >= 0.3 is 5.97 Å². The van der Waals surface area contributed by atoms with Gasteiger partial charge in [0.1, 0.15) is 5.75 Å². The molecular weight excluding hydrogens is 268 g/mol. The van der Waals surface area contributed by atoms with E-state index in [9.17, 15) is 9.59 Å². The number of benzene rings is 1. The van der Waals surface area contributed by atoms with Crippen molar-refractivity contribution in [1.82, 2.24) is 0 Å². The number of carbonyl (C=O) groups excluding carboxylic acids is 2. The Bertz CT molecular complexity index is 516. The predicted molar refractivity (Wildman–Crippen MR) is 79.4 cm³/mol. The zero-order valence-corrected chi connectivity index (χ0v) is 12.2. The van der Waals surface area contributed by atoms with E-state index in [1.54, 1.807) is 24.3 Å². The van der Waals surface area contributed by atoms with Gasteiger partial charge in [-0.25, -0.2) is 4.79 Å². The van der Waals surface area contributed by atoms with Crippen LogP contribution < -0.4 is 4.74 Å². The molecule has 0 spiro atoms. The van der Waals surface area contributed by atoms with Crippen molar-refractivity contribution in [3.63, 3.8) is 0 Å². The molecule has 0 aromatic heterocycles. The first-order valence-electron chi connectivity index (χ1n) is 7.19. The van der Waals surface area contributed by atoms with Crippen LogP contribution in [0.5, 0.6) is 5.75 Å². The molecule has 1 aromatic carbocycles. The summed E-state index contributed by atoms with van der Waals surface area (Å²) in [5, 5.41) is 0. The lowest BCUT2D eigenvalue weighted by molar-refractivity contribution is -0.147. The number of hydrogen-bond donors (Lipinski definition) is 0. The quantitative estimate of drug-likeness (QED) is 0.458. The second kappa shape index (κ2) is 7.62. The Morgan fingerprint density at radius 2 is 1.95 bits per heavy atom. The van der Waals surface area contributed by atoms with Crippen molar-refractivity contribution in [2.24, 2.45) is 5.92 Å². The van der Waals surface area contributed by atoms with E-state index in [-0.39, 0.29) is 18.4 Å². The lowest BCUT2D eigenvalue weighted by atomic mass is 9.95. The highest BCUT2D eigenvalue weighted by Gasteiger charge is 2.13. The average molecular weight is 288 g/mol. The largest absolute Gasteiger partial charge is 0.482 e. The van der Waals surface area contributed by atoms with Crippen molar-refractivity contribution in [2.75, 3.05) is 13.2 Å². The Morgan fingerprint density at radius 1 is 1.19 bits per heavy atom. The van der Waals surface area contributed by atoms with Crippen LogP contribution in [0.1, 0.15) is 36.5 Å². The van der Waals surface area contributed by atoms with E-state index in [0.717, 1.165) is 19.3 Å². The highest BCUT2D eigenvalue weighted by Crippen LogP contribution is 2.18. The molecule has 21 heavy (non-hydrogen) atoms. The van der Waals surface area contributed by atoms with Gasteiger partial charge in [0.15, 0.2) is 12.4 Å². The number of rotatable bonds is 6. The maximum absolute atomic E-state index is 11.6. The topological polar surface area (TPSA) is 52.6 Å². The van der Waals surface area contributed by atoms with Crippen LogP contribution in [0.4, 0.5) is 0 Å². The molecule has 4 heteroatoms. The molecule has 1 atom stereocenters. The number of hydrogen-bond acceptors (Lipinski definition) is 4. The maximum atomic E-state index is 11.6. The maximum Gasteiger partial charge on any atom is 0.344 e. The molecule has 0 N–H and O–H groups in total. The summed E-state index contributed by atoms with van der Waals surface area (Å²) >= 11 is 0. The minimum Gasteiger partial charge on any atom is -0.482 e. The van der Waals surface area contributed by atoms with Gasteiger partial charge in [-0.15, -0.1) is 0 Å². The molecule has 1 aliphatic rings. The molecule has 0 saturated heterocycles. The SMILES string of the molecule is CC(=O)c1ccc(OCC(=O)OCC2CC=CCC2)cc1. The fourth-order valence-corrected chi connectivity index (χ4v) is 2.19. The second-order valence-corrected chi connectivity index (χ2v) is 5.20. The van der Waals surface area contributed by atoms with E-state index in [1.165, 1.54) is 6.92 Å². The fourth-order valence-electron chi connectivity index (χ4n) is 2.19. The standard InChI is InChI=1S/C17H20O4/c1-13(18)15-7-9-16(10-8-15)20-12-17(19)21-11-14-5-3-2-4-6-14/h2-3,7-10,14H,4-6,11-12H2,1H3. The van der Waals surface area contributed by atoms with Crippen LogP contribution in [0.2, 0.25) is 0 Å². The number of allylic oxidation sites excluding steroid dienone is 2. The molecule has 0 heterocycles. The van der Waals surface area contributed by atoms with Crippen molar-refractivity contribution in [1.29, 1.82) is 0 Å². The molecule has 0 bridgehead atoms. The zero-order valence-electron chi connectivity index (χ0n) is 12.2. The van der Waals surface area contributed by atoms with E-state index in [0.29, 0.717) is 23.8 Å². The van der Waals surface area contributed by atoms with Gasteiger partial charge in [-0.3, -0.25) is 4.79 Å². The molecule has 1 unspecified atom stereocenters. The van der Waals surface area contributed by atoms with Crippen molar-refractivity contribution < 1.29 is 19.1 Å². The summed E-state index contributed by atoms with van der Waals surface area (Å²) in [4.78, 5) is 22.8. The van der Waals surface area contributed by atoms with Crippen LogP contribution in [-0.4, -0.2) is 25.0 Å².